The van der Waals surface area contributed by atoms with E-state index < -0.39 is 6.09 Å². The minimum absolute atomic E-state index is 0.0498. The number of hydrogen-bond acceptors (Lipinski definition) is 5. The second kappa shape index (κ2) is 7.21. The number of benzene rings is 1. The highest BCUT2D eigenvalue weighted by molar-refractivity contribution is 5.66. The van der Waals surface area contributed by atoms with E-state index in [4.69, 9.17) is 5.73 Å². The van der Waals surface area contributed by atoms with Crippen molar-refractivity contribution in [2.45, 2.75) is 44.1 Å². The third-order valence-corrected chi connectivity index (χ3v) is 6.87. The molecule has 152 valence electrons. The van der Waals surface area contributed by atoms with Gasteiger partial charge in [0.25, 0.3) is 0 Å². The van der Waals surface area contributed by atoms with Gasteiger partial charge in [-0.2, -0.15) is 4.98 Å². The van der Waals surface area contributed by atoms with Crippen LogP contribution in [-0.4, -0.2) is 51.7 Å². The number of nitrogens with two attached hydrogens (primary N) is 1. The number of piperidine rings is 1. The van der Waals surface area contributed by atoms with Crippen molar-refractivity contribution in [3.8, 4) is 0 Å². The van der Waals surface area contributed by atoms with Crippen LogP contribution in [0, 0.1) is 5.92 Å². The van der Waals surface area contributed by atoms with Gasteiger partial charge in [0.1, 0.15) is 5.82 Å². The molecule has 3 unspecified atom stereocenters. The molecule has 0 radical (unpaired) electrons. The van der Waals surface area contributed by atoms with E-state index in [0.717, 1.165) is 50.2 Å². The predicted octanol–water partition coefficient (Wildman–Crippen LogP) is 2.91. The highest BCUT2D eigenvalue weighted by Gasteiger charge is 2.42. The van der Waals surface area contributed by atoms with Crippen LogP contribution in [0.5, 0.6) is 0 Å². The lowest BCUT2D eigenvalue weighted by Gasteiger charge is -2.34. The number of rotatable bonds is 2. The van der Waals surface area contributed by atoms with E-state index in [9.17, 15) is 9.90 Å². The molecule has 1 aromatic heterocycles. The topological polar surface area (TPSA) is 95.6 Å². The summed E-state index contributed by atoms with van der Waals surface area (Å²) in [5, 5.41) is 9.58. The van der Waals surface area contributed by atoms with Crippen molar-refractivity contribution >= 4 is 17.9 Å². The lowest BCUT2D eigenvalue weighted by Crippen LogP contribution is -2.47. The fraction of sp³-hybridized carbons (Fsp3) is 0.500. The van der Waals surface area contributed by atoms with Gasteiger partial charge in [0, 0.05) is 25.2 Å². The first kappa shape index (κ1) is 18.2. The Bertz CT molecular complexity index is 919. The largest absolute Gasteiger partial charge is 0.465 e. The van der Waals surface area contributed by atoms with Crippen LogP contribution in [0.1, 0.15) is 42.0 Å². The van der Waals surface area contributed by atoms with Crippen LogP contribution in [0.15, 0.2) is 30.3 Å². The van der Waals surface area contributed by atoms with Crippen LogP contribution >= 0.6 is 0 Å². The van der Waals surface area contributed by atoms with Gasteiger partial charge in [0.15, 0.2) is 0 Å². The maximum atomic E-state index is 11.7. The first-order valence-electron chi connectivity index (χ1n) is 10.5. The molecule has 0 spiro atoms. The number of likely N-dealkylation sites (tertiary alicyclic amines) is 1. The summed E-state index contributed by atoms with van der Waals surface area (Å²) in [6.45, 7) is 2.18. The smallest absolute Gasteiger partial charge is 0.407 e. The summed E-state index contributed by atoms with van der Waals surface area (Å²) < 4.78 is 0. The molecule has 0 bridgehead atoms. The second-order valence-electron chi connectivity index (χ2n) is 8.53. The summed E-state index contributed by atoms with van der Waals surface area (Å²) in [4.78, 5) is 24.8. The van der Waals surface area contributed by atoms with Gasteiger partial charge in [-0.3, -0.25) is 0 Å². The molecule has 1 aromatic carbocycles. The van der Waals surface area contributed by atoms with Crippen LogP contribution in [-0.2, 0) is 12.8 Å². The zero-order valence-corrected chi connectivity index (χ0v) is 16.5. The Morgan fingerprint density at radius 3 is 2.76 bits per heavy atom. The van der Waals surface area contributed by atoms with E-state index >= 15 is 0 Å². The average molecular weight is 393 g/mol. The lowest BCUT2D eigenvalue weighted by molar-refractivity contribution is 0.0965. The minimum atomic E-state index is -0.809. The molecule has 7 heteroatoms. The van der Waals surface area contributed by atoms with Crippen molar-refractivity contribution in [3.05, 3.63) is 47.2 Å². The molecule has 3 N–H and O–H groups in total. The maximum absolute atomic E-state index is 11.7. The first-order chi connectivity index (χ1) is 14.1. The Kier molecular flexibility index (Phi) is 4.53. The van der Waals surface area contributed by atoms with Crippen LogP contribution in [0.2, 0.25) is 0 Å². The Hall–Kier alpha value is -2.83. The summed E-state index contributed by atoms with van der Waals surface area (Å²) in [6.07, 6.45) is 4.07. The number of fused-ring (bicyclic) bond motifs is 2. The average Bonchev–Trinajstić information content (AvgIpc) is 3.17. The van der Waals surface area contributed by atoms with Crippen LogP contribution in [0.25, 0.3) is 0 Å². The van der Waals surface area contributed by atoms with Gasteiger partial charge < -0.3 is 20.6 Å². The molecule has 3 aliphatic rings. The molecule has 2 fully saturated rings. The summed E-state index contributed by atoms with van der Waals surface area (Å²) in [6, 6.07) is 10.6. The van der Waals surface area contributed by atoms with E-state index in [2.05, 4.69) is 39.1 Å². The van der Waals surface area contributed by atoms with Crippen molar-refractivity contribution in [2.24, 2.45) is 5.92 Å². The molecular formula is C22H27N5O2. The highest BCUT2D eigenvalue weighted by Crippen LogP contribution is 2.39. The summed E-state index contributed by atoms with van der Waals surface area (Å²) >= 11 is 0. The summed E-state index contributed by atoms with van der Waals surface area (Å²) in [5.41, 5.74) is 9.71. The molecule has 29 heavy (non-hydrogen) atoms. The van der Waals surface area contributed by atoms with Crippen molar-refractivity contribution in [1.82, 2.24) is 14.9 Å². The second-order valence-corrected chi connectivity index (χ2v) is 8.53. The standard InChI is InChI=1S/C22H27N5O2/c23-21-24-18-11-15(14-5-2-1-3-6-14)8-9-17(18)20(25-21)26-12-16-7-4-10-27(22(28)29)19(16)13-26/h1-3,5-6,15-16,19H,4,7-13H2,(H,28,29)(H2,23,24,25). The zero-order valence-electron chi connectivity index (χ0n) is 16.5. The van der Waals surface area contributed by atoms with Gasteiger partial charge in [-0.05, 0) is 49.5 Å². The number of aromatic nitrogens is 2. The molecule has 1 aliphatic carbocycles. The quantitative estimate of drug-likeness (QED) is 0.815. The van der Waals surface area contributed by atoms with Gasteiger partial charge in [-0.15, -0.1) is 0 Å². The summed E-state index contributed by atoms with van der Waals surface area (Å²) in [7, 11) is 0. The third kappa shape index (κ3) is 3.28. The molecule has 0 saturated carbocycles. The van der Waals surface area contributed by atoms with E-state index in [1.165, 1.54) is 11.1 Å². The molecule has 2 aromatic rings. The molecule has 2 aliphatic heterocycles. The van der Waals surface area contributed by atoms with Crippen LogP contribution in [0.4, 0.5) is 16.6 Å². The van der Waals surface area contributed by atoms with Crippen LogP contribution in [0.3, 0.4) is 0 Å². The molecule has 1 amide bonds. The SMILES string of the molecule is Nc1nc2c(c(N3CC4CCCN(C(=O)O)C4C3)n1)CCC(c1ccccc1)C2. The number of hydrogen-bond donors (Lipinski definition) is 2. The van der Waals surface area contributed by atoms with Crippen molar-refractivity contribution in [2.75, 3.05) is 30.3 Å². The Labute approximate surface area is 170 Å². The fourth-order valence-electron chi connectivity index (χ4n) is 5.48. The van der Waals surface area contributed by atoms with Gasteiger partial charge in [0.05, 0.1) is 11.7 Å². The fourth-order valence-corrected chi connectivity index (χ4v) is 5.48. The zero-order chi connectivity index (χ0) is 20.0. The highest BCUT2D eigenvalue weighted by atomic mass is 16.4. The third-order valence-electron chi connectivity index (χ3n) is 6.87. The maximum Gasteiger partial charge on any atom is 0.407 e. The van der Waals surface area contributed by atoms with E-state index in [0.29, 0.717) is 30.9 Å². The number of nitrogens with zero attached hydrogens (tertiary/aromatic N) is 4. The van der Waals surface area contributed by atoms with E-state index in [-0.39, 0.29) is 6.04 Å². The number of nitrogen functional groups attached to an aromatic ring is 1. The number of carboxylic acid groups (broad SMARTS) is 1. The minimum Gasteiger partial charge on any atom is -0.465 e. The Morgan fingerprint density at radius 1 is 1.14 bits per heavy atom. The molecular weight excluding hydrogens is 366 g/mol. The number of carbonyl (C=O) groups is 1. The summed E-state index contributed by atoms with van der Waals surface area (Å²) in [5.74, 6) is 2.07. The normalized spacial score (nSPS) is 26.1. The van der Waals surface area contributed by atoms with Gasteiger partial charge >= 0.3 is 6.09 Å². The number of anilines is 2. The van der Waals surface area contributed by atoms with E-state index in [1.807, 2.05) is 6.07 Å². The molecule has 2 saturated heterocycles. The molecule has 5 rings (SSSR count). The van der Waals surface area contributed by atoms with Crippen molar-refractivity contribution in [1.29, 1.82) is 0 Å². The van der Waals surface area contributed by atoms with Crippen LogP contribution < -0.4 is 10.6 Å². The van der Waals surface area contributed by atoms with Gasteiger partial charge in [-0.25, -0.2) is 9.78 Å². The molecule has 3 heterocycles. The van der Waals surface area contributed by atoms with Crippen molar-refractivity contribution in [3.63, 3.8) is 0 Å². The monoisotopic (exact) mass is 393 g/mol. The van der Waals surface area contributed by atoms with Gasteiger partial charge in [-0.1, -0.05) is 30.3 Å². The Balaban J connectivity index is 1.43. The van der Waals surface area contributed by atoms with Gasteiger partial charge in [0.2, 0.25) is 5.95 Å². The molecule has 3 atom stereocenters. The lowest BCUT2D eigenvalue weighted by atomic mass is 9.82. The predicted molar refractivity (Wildman–Crippen MR) is 111 cm³/mol. The van der Waals surface area contributed by atoms with E-state index in [1.54, 1.807) is 4.90 Å². The Morgan fingerprint density at radius 2 is 1.97 bits per heavy atom. The number of amides is 1. The van der Waals surface area contributed by atoms with Crippen molar-refractivity contribution < 1.29 is 9.90 Å². The molecule has 7 nitrogen and oxygen atoms in total. The first-order valence-corrected chi connectivity index (χ1v) is 10.5.